The molecule has 0 saturated carbocycles. The van der Waals surface area contributed by atoms with E-state index in [0.717, 1.165) is 22.9 Å². The second-order valence-electron chi connectivity index (χ2n) is 5.17. The SMILES string of the molecule is CCNC(c1ccc(OC)cc1Cl)c1cccc(C)c1C. The van der Waals surface area contributed by atoms with Gasteiger partial charge in [-0.1, -0.05) is 42.8 Å². The summed E-state index contributed by atoms with van der Waals surface area (Å²) in [6, 6.07) is 12.3. The maximum Gasteiger partial charge on any atom is 0.120 e. The van der Waals surface area contributed by atoms with Crippen LogP contribution in [0.5, 0.6) is 5.75 Å². The van der Waals surface area contributed by atoms with Crippen LogP contribution in [0.1, 0.15) is 35.2 Å². The fraction of sp³-hybridized carbons (Fsp3) is 0.333. The lowest BCUT2D eigenvalue weighted by atomic mass is 9.92. The van der Waals surface area contributed by atoms with Gasteiger partial charge in [-0.25, -0.2) is 0 Å². The molecule has 21 heavy (non-hydrogen) atoms. The third-order valence-corrected chi connectivity index (χ3v) is 4.21. The molecule has 2 rings (SSSR count). The molecular formula is C18H22ClNO. The molecular weight excluding hydrogens is 282 g/mol. The Hall–Kier alpha value is -1.51. The number of nitrogens with one attached hydrogen (secondary N) is 1. The van der Waals surface area contributed by atoms with E-state index in [0.29, 0.717) is 0 Å². The number of rotatable bonds is 5. The van der Waals surface area contributed by atoms with E-state index in [1.54, 1.807) is 7.11 Å². The summed E-state index contributed by atoms with van der Waals surface area (Å²) in [6.07, 6.45) is 0. The number of methoxy groups -OCH3 is 1. The number of aryl methyl sites for hydroxylation is 1. The lowest BCUT2D eigenvalue weighted by Gasteiger charge is -2.23. The van der Waals surface area contributed by atoms with Crippen molar-refractivity contribution in [1.82, 2.24) is 5.32 Å². The summed E-state index contributed by atoms with van der Waals surface area (Å²) in [4.78, 5) is 0. The van der Waals surface area contributed by atoms with Gasteiger partial charge in [0.15, 0.2) is 0 Å². The van der Waals surface area contributed by atoms with Gasteiger partial charge in [0.2, 0.25) is 0 Å². The van der Waals surface area contributed by atoms with Crippen LogP contribution in [0.2, 0.25) is 5.02 Å². The molecule has 0 fully saturated rings. The van der Waals surface area contributed by atoms with Crippen molar-refractivity contribution in [2.45, 2.75) is 26.8 Å². The van der Waals surface area contributed by atoms with Crippen molar-refractivity contribution in [3.63, 3.8) is 0 Å². The second kappa shape index (κ2) is 6.97. The maximum atomic E-state index is 6.46. The van der Waals surface area contributed by atoms with E-state index in [9.17, 15) is 0 Å². The van der Waals surface area contributed by atoms with Gasteiger partial charge in [-0.15, -0.1) is 0 Å². The van der Waals surface area contributed by atoms with Gasteiger partial charge in [-0.05, 0) is 54.8 Å². The summed E-state index contributed by atoms with van der Waals surface area (Å²) < 4.78 is 5.23. The van der Waals surface area contributed by atoms with Crippen LogP contribution in [0.15, 0.2) is 36.4 Å². The lowest BCUT2D eigenvalue weighted by molar-refractivity contribution is 0.414. The Labute approximate surface area is 132 Å². The Bertz CT molecular complexity index is 625. The van der Waals surface area contributed by atoms with E-state index in [-0.39, 0.29) is 6.04 Å². The van der Waals surface area contributed by atoms with Gasteiger partial charge in [0.25, 0.3) is 0 Å². The smallest absolute Gasteiger partial charge is 0.120 e. The molecule has 0 heterocycles. The summed E-state index contributed by atoms with van der Waals surface area (Å²) in [5.41, 5.74) is 4.94. The summed E-state index contributed by atoms with van der Waals surface area (Å²) >= 11 is 6.46. The van der Waals surface area contributed by atoms with Crippen molar-refractivity contribution < 1.29 is 4.74 Å². The highest BCUT2D eigenvalue weighted by Crippen LogP contribution is 2.33. The number of hydrogen-bond acceptors (Lipinski definition) is 2. The molecule has 0 spiro atoms. The van der Waals surface area contributed by atoms with Gasteiger partial charge in [0.1, 0.15) is 5.75 Å². The molecule has 0 amide bonds. The van der Waals surface area contributed by atoms with Crippen LogP contribution >= 0.6 is 11.6 Å². The first kappa shape index (κ1) is 15.9. The van der Waals surface area contributed by atoms with E-state index in [4.69, 9.17) is 16.3 Å². The molecule has 2 nitrogen and oxygen atoms in total. The molecule has 0 aliphatic heterocycles. The average molecular weight is 304 g/mol. The van der Waals surface area contributed by atoms with Gasteiger partial charge in [0, 0.05) is 5.02 Å². The number of benzene rings is 2. The Morgan fingerprint density at radius 2 is 1.90 bits per heavy atom. The topological polar surface area (TPSA) is 21.3 Å². The van der Waals surface area contributed by atoms with Crippen molar-refractivity contribution in [3.05, 3.63) is 63.7 Å². The summed E-state index contributed by atoms with van der Waals surface area (Å²) in [6.45, 7) is 7.28. The lowest BCUT2D eigenvalue weighted by Crippen LogP contribution is -2.23. The molecule has 1 atom stereocenters. The molecule has 0 aromatic heterocycles. The summed E-state index contributed by atoms with van der Waals surface area (Å²) in [5.74, 6) is 0.778. The third kappa shape index (κ3) is 3.39. The fourth-order valence-electron chi connectivity index (χ4n) is 2.55. The van der Waals surface area contributed by atoms with Crippen LogP contribution in [0.3, 0.4) is 0 Å². The van der Waals surface area contributed by atoms with E-state index in [1.807, 2.05) is 18.2 Å². The Balaban J connectivity index is 2.51. The molecule has 112 valence electrons. The van der Waals surface area contributed by atoms with Gasteiger partial charge in [-0.2, -0.15) is 0 Å². The normalized spacial score (nSPS) is 12.2. The first-order valence-corrected chi connectivity index (χ1v) is 7.59. The Morgan fingerprint density at radius 3 is 2.52 bits per heavy atom. The van der Waals surface area contributed by atoms with Crippen molar-refractivity contribution >= 4 is 11.6 Å². The van der Waals surface area contributed by atoms with Crippen LogP contribution in [-0.4, -0.2) is 13.7 Å². The fourth-order valence-corrected chi connectivity index (χ4v) is 2.83. The van der Waals surface area contributed by atoms with Crippen LogP contribution in [-0.2, 0) is 0 Å². The highest BCUT2D eigenvalue weighted by atomic mass is 35.5. The molecule has 0 saturated heterocycles. The maximum absolute atomic E-state index is 6.46. The van der Waals surface area contributed by atoms with Crippen LogP contribution < -0.4 is 10.1 Å². The summed E-state index contributed by atoms with van der Waals surface area (Å²) in [7, 11) is 1.65. The van der Waals surface area contributed by atoms with Crippen molar-refractivity contribution in [3.8, 4) is 5.75 Å². The minimum atomic E-state index is 0.0910. The molecule has 0 radical (unpaired) electrons. The predicted molar refractivity (Wildman–Crippen MR) is 89.4 cm³/mol. The minimum absolute atomic E-state index is 0.0910. The van der Waals surface area contributed by atoms with Crippen LogP contribution in [0, 0.1) is 13.8 Å². The first-order valence-electron chi connectivity index (χ1n) is 7.21. The third-order valence-electron chi connectivity index (χ3n) is 3.88. The van der Waals surface area contributed by atoms with E-state index in [2.05, 4.69) is 44.3 Å². The molecule has 2 aromatic rings. The van der Waals surface area contributed by atoms with Gasteiger partial charge in [-0.3, -0.25) is 0 Å². The largest absolute Gasteiger partial charge is 0.497 e. The number of halogens is 1. The highest BCUT2D eigenvalue weighted by Gasteiger charge is 2.18. The van der Waals surface area contributed by atoms with Crippen molar-refractivity contribution in [2.24, 2.45) is 0 Å². The molecule has 1 N–H and O–H groups in total. The average Bonchev–Trinajstić information content (AvgIpc) is 2.48. The van der Waals surface area contributed by atoms with Crippen LogP contribution in [0.4, 0.5) is 0 Å². The number of ether oxygens (including phenoxy) is 1. The Kier molecular flexibility index (Phi) is 5.27. The van der Waals surface area contributed by atoms with Crippen molar-refractivity contribution in [1.29, 1.82) is 0 Å². The van der Waals surface area contributed by atoms with Gasteiger partial charge >= 0.3 is 0 Å². The minimum Gasteiger partial charge on any atom is -0.497 e. The molecule has 1 unspecified atom stereocenters. The molecule has 0 aliphatic carbocycles. The molecule has 2 aromatic carbocycles. The van der Waals surface area contributed by atoms with E-state index < -0.39 is 0 Å². The van der Waals surface area contributed by atoms with Crippen molar-refractivity contribution in [2.75, 3.05) is 13.7 Å². The monoisotopic (exact) mass is 303 g/mol. The zero-order valence-electron chi connectivity index (χ0n) is 13.0. The standard InChI is InChI=1S/C18H22ClNO/c1-5-20-18(15-8-6-7-12(2)13(15)3)16-10-9-14(21-4)11-17(16)19/h6-11,18,20H,5H2,1-4H3. The van der Waals surface area contributed by atoms with Gasteiger partial charge < -0.3 is 10.1 Å². The van der Waals surface area contributed by atoms with E-state index in [1.165, 1.54) is 16.7 Å². The number of hydrogen-bond donors (Lipinski definition) is 1. The zero-order valence-corrected chi connectivity index (χ0v) is 13.8. The zero-order chi connectivity index (χ0) is 15.4. The summed E-state index contributed by atoms with van der Waals surface area (Å²) in [5, 5.41) is 4.26. The Morgan fingerprint density at radius 1 is 1.14 bits per heavy atom. The highest BCUT2D eigenvalue weighted by molar-refractivity contribution is 6.31. The van der Waals surface area contributed by atoms with Crippen LogP contribution in [0.25, 0.3) is 0 Å². The quantitative estimate of drug-likeness (QED) is 0.867. The van der Waals surface area contributed by atoms with Gasteiger partial charge in [0.05, 0.1) is 13.2 Å². The second-order valence-corrected chi connectivity index (χ2v) is 5.57. The predicted octanol–water partition coefficient (Wildman–Crippen LogP) is 4.66. The first-order chi connectivity index (χ1) is 10.1. The molecule has 3 heteroatoms. The van der Waals surface area contributed by atoms with E-state index >= 15 is 0 Å². The molecule has 0 bridgehead atoms. The molecule has 0 aliphatic rings.